The van der Waals surface area contributed by atoms with Crippen molar-refractivity contribution in [3.8, 4) is 0 Å². The number of nitrogens with zero attached hydrogens (tertiary/aromatic N) is 1. The Hall–Kier alpha value is -1.44. The first-order chi connectivity index (χ1) is 6.16. The van der Waals surface area contributed by atoms with Crippen LogP contribution in [-0.4, -0.2) is 11.6 Å². The molecule has 2 nitrogen and oxygen atoms in total. The second-order valence-corrected chi connectivity index (χ2v) is 3.49. The smallest absolute Gasteiger partial charge is 0.267 e. The number of fused-ring (bicyclic) bond motifs is 1. The number of carbonyl (C=O) groups excluding carboxylic acids is 1. The van der Waals surface area contributed by atoms with Crippen LogP contribution in [0.2, 0.25) is 0 Å². The Bertz CT molecular complexity index is 405. The molecule has 1 aromatic rings. The Balaban J connectivity index is 2.57. The van der Waals surface area contributed by atoms with E-state index in [0.29, 0.717) is 0 Å². The average Bonchev–Trinajstić information content (AvgIpc) is 2.06. The molecule has 0 N–H and O–H groups in total. The predicted octanol–water partition coefficient (Wildman–Crippen LogP) is 2.15. The van der Waals surface area contributed by atoms with Crippen LogP contribution in [0.25, 0.3) is 0 Å². The molecule has 0 aromatic heterocycles. The molecule has 1 aliphatic rings. The van der Waals surface area contributed by atoms with E-state index in [1.807, 2.05) is 32.0 Å². The van der Waals surface area contributed by atoms with Crippen molar-refractivity contribution in [3.63, 3.8) is 0 Å². The minimum absolute atomic E-state index is 0.0950. The Morgan fingerprint density at radius 2 is 2.08 bits per heavy atom. The summed E-state index contributed by atoms with van der Waals surface area (Å²) in [7, 11) is 0. The van der Waals surface area contributed by atoms with Crippen molar-refractivity contribution in [1.82, 2.24) is 0 Å². The van der Waals surface area contributed by atoms with Crippen molar-refractivity contribution in [2.45, 2.75) is 20.3 Å². The molecule has 1 amide bonds. The Kier molecular flexibility index (Phi) is 1.76. The number of hydrogen-bond acceptors (Lipinski definition) is 1. The zero-order valence-electron chi connectivity index (χ0n) is 7.79. The van der Waals surface area contributed by atoms with E-state index in [-0.39, 0.29) is 5.91 Å². The topological polar surface area (TPSA) is 29.4 Å². The number of amides is 1. The van der Waals surface area contributed by atoms with Crippen LogP contribution in [0.1, 0.15) is 28.4 Å². The molecule has 13 heavy (non-hydrogen) atoms. The van der Waals surface area contributed by atoms with E-state index in [2.05, 4.69) is 4.99 Å². The molecule has 0 unspecified atom stereocenters. The van der Waals surface area contributed by atoms with Gasteiger partial charge in [0.05, 0.1) is 0 Å². The van der Waals surface area contributed by atoms with E-state index >= 15 is 0 Å². The number of hydrogen-bond donors (Lipinski definition) is 0. The second-order valence-electron chi connectivity index (χ2n) is 3.49. The molecule has 2 heteroatoms. The van der Waals surface area contributed by atoms with Crippen LogP contribution >= 0.6 is 0 Å². The SMILES string of the molecule is CC1=NC(=O)c2cc(C)ccc2C1. The molecule has 1 aromatic carbocycles. The second kappa shape index (κ2) is 2.80. The number of benzene rings is 1. The van der Waals surface area contributed by atoms with E-state index in [1.54, 1.807) is 0 Å². The highest BCUT2D eigenvalue weighted by Gasteiger charge is 2.16. The van der Waals surface area contributed by atoms with Crippen molar-refractivity contribution < 1.29 is 4.79 Å². The summed E-state index contributed by atoms with van der Waals surface area (Å²) in [6, 6.07) is 5.96. The van der Waals surface area contributed by atoms with Gasteiger partial charge < -0.3 is 0 Å². The molecule has 0 spiro atoms. The first-order valence-electron chi connectivity index (χ1n) is 4.35. The summed E-state index contributed by atoms with van der Waals surface area (Å²) in [5, 5.41) is 0. The number of carbonyl (C=O) groups is 1. The lowest BCUT2D eigenvalue weighted by Gasteiger charge is -2.12. The fourth-order valence-corrected chi connectivity index (χ4v) is 1.59. The molecule has 0 saturated heterocycles. The van der Waals surface area contributed by atoms with Gasteiger partial charge in [0, 0.05) is 17.7 Å². The molecule has 0 saturated carbocycles. The Morgan fingerprint density at radius 1 is 1.31 bits per heavy atom. The maximum absolute atomic E-state index is 11.5. The van der Waals surface area contributed by atoms with Crippen LogP contribution < -0.4 is 0 Å². The van der Waals surface area contributed by atoms with Crippen LogP contribution in [0.5, 0.6) is 0 Å². The highest BCUT2D eigenvalue weighted by atomic mass is 16.1. The van der Waals surface area contributed by atoms with Gasteiger partial charge in [-0.1, -0.05) is 17.7 Å². The highest BCUT2D eigenvalue weighted by molar-refractivity contribution is 6.08. The van der Waals surface area contributed by atoms with Gasteiger partial charge in [-0.05, 0) is 25.5 Å². The molecule has 66 valence electrons. The summed E-state index contributed by atoms with van der Waals surface area (Å²) >= 11 is 0. The van der Waals surface area contributed by atoms with Crippen molar-refractivity contribution in [3.05, 3.63) is 34.9 Å². The molecule has 0 atom stereocenters. The highest BCUT2D eigenvalue weighted by Crippen LogP contribution is 2.18. The monoisotopic (exact) mass is 173 g/mol. The lowest BCUT2D eigenvalue weighted by molar-refractivity contribution is 0.1000. The van der Waals surface area contributed by atoms with Crippen LogP contribution in [-0.2, 0) is 6.42 Å². The minimum atomic E-state index is -0.0950. The Morgan fingerprint density at radius 3 is 2.85 bits per heavy atom. The quantitative estimate of drug-likeness (QED) is 0.591. The molecule has 2 rings (SSSR count). The lowest BCUT2D eigenvalue weighted by Crippen LogP contribution is -2.13. The van der Waals surface area contributed by atoms with Crippen molar-refractivity contribution in [1.29, 1.82) is 0 Å². The third kappa shape index (κ3) is 1.39. The zero-order chi connectivity index (χ0) is 9.42. The van der Waals surface area contributed by atoms with E-state index < -0.39 is 0 Å². The molecule has 0 bridgehead atoms. The largest absolute Gasteiger partial charge is 0.277 e. The normalized spacial score (nSPS) is 15.2. The molecule has 0 aliphatic carbocycles. The van der Waals surface area contributed by atoms with E-state index in [9.17, 15) is 4.79 Å². The maximum atomic E-state index is 11.5. The lowest BCUT2D eigenvalue weighted by atomic mass is 9.97. The van der Waals surface area contributed by atoms with Gasteiger partial charge in [-0.2, -0.15) is 0 Å². The number of rotatable bonds is 0. The summed E-state index contributed by atoms with van der Waals surface area (Å²) in [6.07, 6.45) is 0.807. The van der Waals surface area contributed by atoms with Gasteiger partial charge in [0.1, 0.15) is 0 Å². The standard InChI is InChI=1S/C11H11NO/c1-7-3-4-9-6-8(2)12-11(13)10(9)5-7/h3-5H,6H2,1-2H3. The van der Waals surface area contributed by atoms with Gasteiger partial charge in [0.25, 0.3) is 5.91 Å². The maximum Gasteiger partial charge on any atom is 0.277 e. The first-order valence-corrected chi connectivity index (χ1v) is 4.35. The summed E-state index contributed by atoms with van der Waals surface area (Å²) in [6.45, 7) is 3.87. The predicted molar refractivity (Wildman–Crippen MR) is 52.3 cm³/mol. The molecule has 0 fully saturated rings. The van der Waals surface area contributed by atoms with Crippen molar-refractivity contribution >= 4 is 11.6 Å². The first kappa shape index (κ1) is 8.17. The minimum Gasteiger partial charge on any atom is -0.267 e. The third-order valence-corrected chi connectivity index (χ3v) is 2.23. The van der Waals surface area contributed by atoms with Crippen LogP contribution in [0, 0.1) is 6.92 Å². The Labute approximate surface area is 77.3 Å². The molecule has 1 aliphatic heterocycles. The fraction of sp³-hybridized carbons (Fsp3) is 0.273. The number of aliphatic imine (C=N–C) groups is 1. The summed E-state index contributed by atoms with van der Waals surface area (Å²) in [5.74, 6) is -0.0950. The van der Waals surface area contributed by atoms with Gasteiger partial charge in [0.2, 0.25) is 0 Å². The van der Waals surface area contributed by atoms with Crippen molar-refractivity contribution in [2.24, 2.45) is 4.99 Å². The van der Waals surface area contributed by atoms with Gasteiger partial charge in [-0.25, -0.2) is 4.99 Å². The van der Waals surface area contributed by atoms with Crippen LogP contribution in [0.3, 0.4) is 0 Å². The average molecular weight is 173 g/mol. The van der Waals surface area contributed by atoms with Crippen molar-refractivity contribution in [2.75, 3.05) is 0 Å². The van der Waals surface area contributed by atoms with Gasteiger partial charge in [0.15, 0.2) is 0 Å². The molecule has 0 radical (unpaired) electrons. The molecular formula is C11H11NO. The van der Waals surface area contributed by atoms with Gasteiger partial charge >= 0.3 is 0 Å². The fourth-order valence-electron chi connectivity index (χ4n) is 1.59. The summed E-state index contributed by atoms with van der Waals surface area (Å²) < 4.78 is 0. The molecule has 1 heterocycles. The van der Waals surface area contributed by atoms with E-state index in [4.69, 9.17) is 0 Å². The molecular weight excluding hydrogens is 162 g/mol. The van der Waals surface area contributed by atoms with Gasteiger partial charge in [-0.15, -0.1) is 0 Å². The van der Waals surface area contributed by atoms with E-state index in [1.165, 1.54) is 0 Å². The summed E-state index contributed by atoms with van der Waals surface area (Å²) in [5.41, 5.74) is 3.89. The van der Waals surface area contributed by atoms with E-state index in [0.717, 1.165) is 28.8 Å². The van der Waals surface area contributed by atoms with Gasteiger partial charge in [-0.3, -0.25) is 4.79 Å². The zero-order valence-corrected chi connectivity index (χ0v) is 7.79. The third-order valence-electron chi connectivity index (χ3n) is 2.23. The van der Waals surface area contributed by atoms with Crippen LogP contribution in [0.4, 0.5) is 0 Å². The number of aryl methyl sites for hydroxylation is 1. The van der Waals surface area contributed by atoms with Crippen LogP contribution in [0.15, 0.2) is 23.2 Å². The summed E-state index contributed by atoms with van der Waals surface area (Å²) in [4.78, 5) is 15.4.